The van der Waals surface area contributed by atoms with E-state index in [-0.39, 0.29) is 13.2 Å². The molecule has 1 aromatic rings. The fourth-order valence-electron chi connectivity index (χ4n) is 1.26. The summed E-state index contributed by atoms with van der Waals surface area (Å²) in [5.74, 6) is 0.355. The summed E-state index contributed by atoms with van der Waals surface area (Å²) >= 11 is 0. The van der Waals surface area contributed by atoms with Crippen LogP contribution < -0.4 is 5.32 Å². The van der Waals surface area contributed by atoms with Crippen molar-refractivity contribution >= 4 is 5.82 Å². The topological polar surface area (TPSA) is 57.9 Å². The van der Waals surface area contributed by atoms with Gasteiger partial charge in [-0.2, -0.15) is 18.4 Å². The van der Waals surface area contributed by atoms with Crippen LogP contribution >= 0.6 is 0 Å². The maximum atomic E-state index is 11.8. The van der Waals surface area contributed by atoms with Crippen LogP contribution in [0.1, 0.15) is 11.1 Å². The number of hydrogen-bond donors (Lipinski definition) is 1. The highest BCUT2D eigenvalue weighted by Gasteiger charge is 2.27. The molecular formula is C11H12F3N3O. The number of aromatic nitrogens is 1. The van der Waals surface area contributed by atoms with E-state index in [1.54, 1.807) is 13.0 Å². The zero-order valence-corrected chi connectivity index (χ0v) is 9.71. The molecule has 0 aromatic carbocycles. The van der Waals surface area contributed by atoms with Gasteiger partial charge in [0.25, 0.3) is 0 Å². The second-order valence-electron chi connectivity index (χ2n) is 3.56. The maximum Gasteiger partial charge on any atom is 0.411 e. The molecule has 98 valence electrons. The number of ether oxygens (including phenoxy) is 1. The van der Waals surface area contributed by atoms with Crippen LogP contribution in [0.4, 0.5) is 19.0 Å². The summed E-state index contributed by atoms with van der Waals surface area (Å²) in [6.07, 6.45) is -2.80. The molecule has 1 N–H and O–H groups in total. The summed E-state index contributed by atoms with van der Waals surface area (Å²) in [5, 5.41) is 11.7. The first kappa shape index (κ1) is 14.3. The molecule has 0 atom stereocenters. The first-order valence-corrected chi connectivity index (χ1v) is 5.18. The summed E-state index contributed by atoms with van der Waals surface area (Å²) in [4.78, 5) is 3.95. The van der Waals surface area contributed by atoms with Crippen molar-refractivity contribution < 1.29 is 17.9 Å². The Morgan fingerprint density at radius 2 is 2.22 bits per heavy atom. The number of nitriles is 1. The summed E-state index contributed by atoms with van der Waals surface area (Å²) < 4.78 is 39.8. The molecule has 1 aromatic heterocycles. The van der Waals surface area contributed by atoms with Gasteiger partial charge >= 0.3 is 6.18 Å². The smallest absolute Gasteiger partial charge is 0.370 e. The van der Waals surface area contributed by atoms with Crippen molar-refractivity contribution in [1.29, 1.82) is 5.26 Å². The summed E-state index contributed by atoms with van der Waals surface area (Å²) in [7, 11) is 0. The third-order valence-electron chi connectivity index (χ3n) is 2.08. The second kappa shape index (κ2) is 6.21. The van der Waals surface area contributed by atoms with Gasteiger partial charge in [0.15, 0.2) is 0 Å². The van der Waals surface area contributed by atoms with Gasteiger partial charge in [-0.15, -0.1) is 0 Å². The van der Waals surface area contributed by atoms with E-state index in [9.17, 15) is 13.2 Å². The summed E-state index contributed by atoms with van der Waals surface area (Å²) in [6, 6.07) is 3.67. The Labute approximate surface area is 102 Å². The molecule has 0 aliphatic rings. The number of nitrogens with zero attached hydrogens (tertiary/aromatic N) is 2. The van der Waals surface area contributed by atoms with Gasteiger partial charge in [-0.05, 0) is 18.6 Å². The van der Waals surface area contributed by atoms with Gasteiger partial charge in [0.05, 0.1) is 12.2 Å². The van der Waals surface area contributed by atoms with Crippen molar-refractivity contribution in [2.75, 3.05) is 25.1 Å². The fraction of sp³-hybridized carbons (Fsp3) is 0.455. The molecule has 0 unspecified atom stereocenters. The third-order valence-corrected chi connectivity index (χ3v) is 2.08. The molecule has 0 bridgehead atoms. The molecule has 0 radical (unpaired) electrons. The number of rotatable bonds is 5. The maximum absolute atomic E-state index is 11.8. The Morgan fingerprint density at radius 1 is 1.50 bits per heavy atom. The van der Waals surface area contributed by atoms with Crippen LogP contribution in [0.2, 0.25) is 0 Å². The van der Waals surface area contributed by atoms with E-state index in [1.165, 1.54) is 6.20 Å². The Hall–Kier alpha value is -1.81. The normalized spacial score (nSPS) is 11.1. The Bertz CT molecular complexity index is 440. The molecule has 0 aliphatic heterocycles. The first-order valence-electron chi connectivity index (χ1n) is 5.18. The lowest BCUT2D eigenvalue weighted by Crippen LogP contribution is -2.20. The molecular weight excluding hydrogens is 247 g/mol. The Morgan fingerprint density at radius 3 is 2.83 bits per heavy atom. The number of alkyl halides is 3. The van der Waals surface area contributed by atoms with E-state index in [1.807, 2.05) is 6.07 Å². The molecule has 7 heteroatoms. The zero-order chi connectivity index (χ0) is 13.6. The molecule has 0 saturated carbocycles. The molecule has 0 fully saturated rings. The van der Waals surface area contributed by atoms with E-state index in [0.29, 0.717) is 11.4 Å². The lowest BCUT2D eigenvalue weighted by Gasteiger charge is -2.10. The molecule has 0 saturated heterocycles. The largest absolute Gasteiger partial charge is 0.411 e. The average molecular weight is 259 g/mol. The summed E-state index contributed by atoms with van der Waals surface area (Å²) in [6.45, 7) is 0.522. The SMILES string of the molecule is Cc1ccnc(NCCOCC(F)(F)F)c1C#N. The minimum Gasteiger partial charge on any atom is -0.370 e. The Kier molecular flexibility index (Phi) is 4.92. The van der Waals surface area contributed by atoms with Crippen LogP contribution in [-0.4, -0.2) is 30.9 Å². The van der Waals surface area contributed by atoms with Gasteiger partial charge in [-0.1, -0.05) is 0 Å². The quantitative estimate of drug-likeness (QED) is 0.824. The number of pyridine rings is 1. The third kappa shape index (κ3) is 4.59. The average Bonchev–Trinajstić information content (AvgIpc) is 2.27. The van der Waals surface area contributed by atoms with Gasteiger partial charge in [0.1, 0.15) is 18.5 Å². The zero-order valence-electron chi connectivity index (χ0n) is 9.71. The van der Waals surface area contributed by atoms with Crippen LogP contribution in [0.15, 0.2) is 12.3 Å². The van der Waals surface area contributed by atoms with Gasteiger partial charge in [0.2, 0.25) is 0 Å². The van der Waals surface area contributed by atoms with Gasteiger partial charge in [0, 0.05) is 12.7 Å². The van der Waals surface area contributed by atoms with E-state index >= 15 is 0 Å². The lowest BCUT2D eigenvalue weighted by atomic mass is 10.1. The number of anilines is 1. The highest BCUT2D eigenvalue weighted by molar-refractivity contribution is 5.55. The molecule has 4 nitrogen and oxygen atoms in total. The second-order valence-corrected chi connectivity index (χ2v) is 3.56. The highest BCUT2D eigenvalue weighted by atomic mass is 19.4. The predicted molar refractivity (Wildman–Crippen MR) is 59.1 cm³/mol. The van der Waals surface area contributed by atoms with E-state index < -0.39 is 12.8 Å². The van der Waals surface area contributed by atoms with Crippen molar-refractivity contribution in [1.82, 2.24) is 4.98 Å². The van der Waals surface area contributed by atoms with Gasteiger partial charge in [-0.3, -0.25) is 0 Å². The van der Waals surface area contributed by atoms with Crippen LogP contribution in [0.5, 0.6) is 0 Å². The van der Waals surface area contributed by atoms with Crippen molar-refractivity contribution in [3.8, 4) is 6.07 Å². The molecule has 0 amide bonds. The molecule has 0 spiro atoms. The first-order chi connectivity index (χ1) is 8.44. The number of hydrogen-bond acceptors (Lipinski definition) is 4. The van der Waals surface area contributed by atoms with Crippen molar-refractivity contribution in [2.24, 2.45) is 0 Å². The lowest BCUT2D eigenvalue weighted by molar-refractivity contribution is -0.172. The number of nitrogens with one attached hydrogen (secondary N) is 1. The van der Waals surface area contributed by atoms with Crippen molar-refractivity contribution in [3.63, 3.8) is 0 Å². The van der Waals surface area contributed by atoms with Crippen LogP contribution in [0.3, 0.4) is 0 Å². The molecule has 0 aliphatic carbocycles. The van der Waals surface area contributed by atoms with Crippen LogP contribution in [-0.2, 0) is 4.74 Å². The number of halogens is 3. The minimum absolute atomic E-state index is 0.111. The van der Waals surface area contributed by atoms with E-state index in [4.69, 9.17) is 5.26 Å². The summed E-state index contributed by atoms with van der Waals surface area (Å²) in [5.41, 5.74) is 1.14. The minimum atomic E-state index is -4.32. The monoisotopic (exact) mass is 259 g/mol. The van der Waals surface area contributed by atoms with Gasteiger partial charge < -0.3 is 10.1 Å². The molecule has 18 heavy (non-hydrogen) atoms. The highest BCUT2D eigenvalue weighted by Crippen LogP contribution is 2.15. The van der Waals surface area contributed by atoms with E-state index in [0.717, 1.165) is 5.56 Å². The van der Waals surface area contributed by atoms with E-state index in [2.05, 4.69) is 15.0 Å². The number of aryl methyl sites for hydroxylation is 1. The van der Waals surface area contributed by atoms with Crippen LogP contribution in [0.25, 0.3) is 0 Å². The Balaban J connectivity index is 2.41. The van der Waals surface area contributed by atoms with Gasteiger partial charge in [-0.25, -0.2) is 4.98 Å². The predicted octanol–water partition coefficient (Wildman–Crippen LogP) is 2.25. The van der Waals surface area contributed by atoms with Crippen LogP contribution in [0, 0.1) is 18.3 Å². The molecule has 1 heterocycles. The molecule has 1 rings (SSSR count). The van der Waals surface area contributed by atoms with Crippen molar-refractivity contribution in [3.05, 3.63) is 23.4 Å². The van der Waals surface area contributed by atoms with Crippen molar-refractivity contribution in [2.45, 2.75) is 13.1 Å². The standard InChI is InChI=1S/C11H12F3N3O/c1-8-2-3-16-10(9(8)6-15)17-4-5-18-7-11(12,13)14/h2-3H,4-5,7H2,1H3,(H,16,17). The fourth-order valence-corrected chi connectivity index (χ4v) is 1.26.